The Morgan fingerprint density at radius 3 is 0.806 bits per heavy atom. The second kappa shape index (κ2) is 17.0. The maximum atomic E-state index is 7.66. The Balaban J connectivity index is 1.39. The summed E-state index contributed by atoms with van der Waals surface area (Å²) < 4.78 is 53.6. The van der Waals surface area contributed by atoms with E-state index in [-0.39, 0.29) is 0 Å². The highest BCUT2D eigenvalue weighted by Gasteiger charge is 2.66. The zero-order valence-corrected chi connectivity index (χ0v) is 38.0. The maximum absolute atomic E-state index is 7.66. The molecule has 62 heavy (non-hydrogen) atoms. The van der Waals surface area contributed by atoms with Gasteiger partial charge in [0.2, 0.25) is 0 Å². The van der Waals surface area contributed by atoms with Gasteiger partial charge in [0.1, 0.15) is 46.4 Å². The molecule has 6 aromatic rings. The van der Waals surface area contributed by atoms with E-state index in [1.54, 1.807) is 28.4 Å². The van der Waals surface area contributed by atoms with Gasteiger partial charge >= 0.3 is 14.0 Å². The Bertz CT molecular complexity index is 2220. The summed E-state index contributed by atoms with van der Waals surface area (Å²) in [5.74, 6) is 3.30. The van der Waals surface area contributed by atoms with E-state index in [9.17, 15) is 0 Å². The molecule has 0 N–H and O–H groups in total. The van der Waals surface area contributed by atoms with Crippen molar-refractivity contribution >= 4 is 14.0 Å². The largest absolute Gasteiger partial charge is 0.496 e. The molecule has 318 valence electrons. The van der Waals surface area contributed by atoms with E-state index in [2.05, 4.69) is 128 Å². The van der Waals surface area contributed by atoms with Gasteiger partial charge in [0.15, 0.2) is 0 Å². The molecule has 0 spiro atoms. The molecule has 0 amide bonds. The SMILES string of the molecule is COc1c(C)cc(C2(c3cc(C)c(OC)c(C)c3)OB(B3O[C@@H](c4ccccc4)C(c4cc(C)c(OC)c(C)c4)(c4cc(C)c(OC)c(C)c4)O3)O[C@H]2c2ccccc2)cc1C. The standard InChI is InChI=1S/C52H56B2O8/c1-31-23-41(24-32(2)45(31)55-9)51(42-25-33(3)46(56-10)34(4)26-42)49(39-19-15-13-16-20-39)59-53(61-51)54-60-50(40-21-17-14-18-22-40)52(62-54,43-27-35(5)47(57-11)36(6)28-43)44-29-37(7)48(58-12)38(8)30-44/h13-30,49-50H,1-12H3/t49-,50-/m0/s1. The molecule has 2 atom stereocenters. The number of hydrogen-bond donors (Lipinski definition) is 0. The van der Waals surface area contributed by atoms with Crippen molar-refractivity contribution in [1.29, 1.82) is 0 Å². The quantitative estimate of drug-likeness (QED) is 0.120. The summed E-state index contributed by atoms with van der Waals surface area (Å²) in [4.78, 5) is 0. The highest BCUT2D eigenvalue weighted by Crippen LogP contribution is 2.58. The van der Waals surface area contributed by atoms with Gasteiger partial charge in [-0.05, 0) is 182 Å². The minimum absolute atomic E-state index is 0.638. The lowest BCUT2D eigenvalue weighted by Crippen LogP contribution is -2.43. The van der Waals surface area contributed by atoms with Gasteiger partial charge in [-0.3, -0.25) is 0 Å². The number of rotatable bonds is 11. The average Bonchev–Trinajstić information content (AvgIpc) is 3.86. The fourth-order valence-corrected chi connectivity index (χ4v) is 10.3. The van der Waals surface area contributed by atoms with Crippen molar-refractivity contribution in [2.45, 2.75) is 78.8 Å². The predicted octanol–water partition coefficient (Wildman–Crippen LogP) is 11.0. The molecule has 2 heterocycles. The third-order valence-electron chi connectivity index (χ3n) is 12.7. The van der Waals surface area contributed by atoms with Crippen molar-refractivity contribution in [3.63, 3.8) is 0 Å². The van der Waals surface area contributed by atoms with Gasteiger partial charge in [-0.25, -0.2) is 0 Å². The van der Waals surface area contributed by atoms with Crippen molar-refractivity contribution in [2.24, 2.45) is 0 Å². The molecule has 8 rings (SSSR count). The Labute approximate surface area is 367 Å². The highest BCUT2D eigenvalue weighted by molar-refractivity contribution is 7.11. The van der Waals surface area contributed by atoms with E-state index >= 15 is 0 Å². The molecule has 8 nitrogen and oxygen atoms in total. The molecular formula is C52H56B2O8. The Kier molecular flexibility index (Phi) is 11.8. The number of ether oxygens (including phenoxy) is 4. The molecule has 0 aliphatic carbocycles. The summed E-state index contributed by atoms with van der Waals surface area (Å²) >= 11 is 0. The minimum Gasteiger partial charge on any atom is -0.496 e. The second-order valence-corrected chi connectivity index (χ2v) is 16.9. The van der Waals surface area contributed by atoms with E-state index in [1.165, 1.54) is 0 Å². The summed E-state index contributed by atoms with van der Waals surface area (Å²) in [5, 5.41) is 0. The van der Waals surface area contributed by atoms with Gasteiger partial charge in [-0.15, -0.1) is 0 Å². The zero-order chi connectivity index (χ0) is 44.1. The van der Waals surface area contributed by atoms with Crippen LogP contribution in [0, 0.1) is 55.4 Å². The molecular weight excluding hydrogens is 774 g/mol. The van der Waals surface area contributed by atoms with Crippen molar-refractivity contribution in [3.05, 3.63) is 187 Å². The van der Waals surface area contributed by atoms with Crippen LogP contribution in [0.3, 0.4) is 0 Å². The molecule has 0 saturated carbocycles. The molecule has 2 fully saturated rings. The van der Waals surface area contributed by atoms with E-state index < -0.39 is 37.4 Å². The fraction of sp³-hybridized carbons (Fsp3) is 0.308. The number of hydrogen-bond acceptors (Lipinski definition) is 8. The molecule has 0 radical (unpaired) electrons. The van der Waals surface area contributed by atoms with Crippen molar-refractivity contribution < 1.29 is 37.6 Å². The smallest absolute Gasteiger partial charge is 0.489 e. The first-order chi connectivity index (χ1) is 29.8. The minimum atomic E-state index is -1.18. The molecule has 2 saturated heterocycles. The molecule has 0 aromatic heterocycles. The van der Waals surface area contributed by atoms with Crippen LogP contribution < -0.4 is 18.9 Å². The third kappa shape index (κ3) is 7.07. The second-order valence-electron chi connectivity index (χ2n) is 16.9. The molecule has 6 aromatic carbocycles. The lowest BCUT2D eigenvalue weighted by Gasteiger charge is -2.37. The van der Waals surface area contributed by atoms with Crippen LogP contribution in [-0.2, 0) is 29.8 Å². The van der Waals surface area contributed by atoms with E-state index in [4.69, 9.17) is 37.6 Å². The van der Waals surface area contributed by atoms with Crippen LogP contribution in [0.15, 0.2) is 109 Å². The first-order valence-electron chi connectivity index (χ1n) is 21.2. The Morgan fingerprint density at radius 1 is 0.371 bits per heavy atom. The van der Waals surface area contributed by atoms with Crippen LogP contribution in [0.5, 0.6) is 23.0 Å². The van der Waals surface area contributed by atoms with Crippen LogP contribution >= 0.6 is 0 Å². The monoisotopic (exact) mass is 830 g/mol. The van der Waals surface area contributed by atoms with Gasteiger partial charge < -0.3 is 37.6 Å². The normalized spacial score (nSPS) is 17.9. The molecule has 2 aliphatic rings. The molecule has 0 unspecified atom stereocenters. The summed E-state index contributed by atoms with van der Waals surface area (Å²) in [6.07, 6.45) is -1.28. The van der Waals surface area contributed by atoms with E-state index in [1.807, 2.05) is 36.4 Å². The van der Waals surface area contributed by atoms with Gasteiger partial charge in [0, 0.05) is 0 Å². The van der Waals surface area contributed by atoms with E-state index in [0.29, 0.717) is 0 Å². The van der Waals surface area contributed by atoms with Crippen molar-refractivity contribution in [2.75, 3.05) is 28.4 Å². The maximum Gasteiger partial charge on any atom is 0.489 e. The van der Waals surface area contributed by atoms with Gasteiger partial charge in [0.05, 0.1) is 28.4 Å². The Morgan fingerprint density at radius 2 is 0.597 bits per heavy atom. The van der Waals surface area contributed by atoms with Crippen LogP contribution in [0.4, 0.5) is 0 Å². The van der Waals surface area contributed by atoms with Crippen LogP contribution in [-0.4, -0.2) is 42.5 Å². The summed E-state index contributed by atoms with van der Waals surface area (Å²) in [5.41, 5.74) is 11.0. The molecule has 0 bridgehead atoms. The average molecular weight is 831 g/mol. The van der Waals surface area contributed by atoms with Crippen LogP contribution in [0.2, 0.25) is 0 Å². The topological polar surface area (TPSA) is 73.8 Å². The van der Waals surface area contributed by atoms with Crippen LogP contribution in [0.25, 0.3) is 0 Å². The van der Waals surface area contributed by atoms with Crippen molar-refractivity contribution in [1.82, 2.24) is 0 Å². The lowest BCUT2D eigenvalue weighted by atomic mass is 9.49. The number of methoxy groups -OCH3 is 4. The van der Waals surface area contributed by atoms with E-state index in [0.717, 1.165) is 101 Å². The summed E-state index contributed by atoms with van der Waals surface area (Å²) in [6, 6.07) is 37.8. The third-order valence-corrected chi connectivity index (χ3v) is 12.7. The first kappa shape index (κ1) is 43.2. The van der Waals surface area contributed by atoms with Gasteiger partial charge in [0.25, 0.3) is 0 Å². The first-order valence-corrected chi connectivity index (χ1v) is 21.2. The highest BCUT2D eigenvalue weighted by atomic mass is 16.7. The zero-order valence-electron chi connectivity index (χ0n) is 38.0. The fourth-order valence-electron chi connectivity index (χ4n) is 10.3. The summed E-state index contributed by atoms with van der Waals surface area (Å²) in [7, 11) is 4.81. The van der Waals surface area contributed by atoms with Crippen molar-refractivity contribution in [3.8, 4) is 23.0 Å². The molecule has 2 aliphatic heterocycles. The van der Waals surface area contributed by atoms with Gasteiger partial charge in [-0.1, -0.05) is 60.7 Å². The lowest BCUT2D eigenvalue weighted by molar-refractivity contribution is 0.0715. The van der Waals surface area contributed by atoms with Crippen LogP contribution in [0.1, 0.15) is 90.1 Å². The number of aryl methyl sites for hydroxylation is 8. The van der Waals surface area contributed by atoms with Gasteiger partial charge in [-0.2, -0.15) is 0 Å². The Hall–Kier alpha value is -5.51. The predicted molar refractivity (Wildman–Crippen MR) is 246 cm³/mol. The number of benzene rings is 6. The molecule has 10 heteroatoms. The summed E-state index contributed by atoms with van der Waals surface area (Å²) in [6.45, 7) is 16.5.